The second-order valence-electron chi connectivity index (χ2n) is 5.70. The van der Waals surface area contributed by atoms with Gasteiger partial charge in [0.15, 0.2) is 0 Å². The molecule has 0 aliphatic carbocycles. The number of hydrogen-bond donors (Lipinski definition) is 3. The highest BCUT2D eigenvalue weighted by Crippen LogP contribution is 2.08. The van der Waals surface area contributed by atoms with Gasteiger partial charge in [0.05, 0.1) is 6.26 Å². The minimum Gasteiger partial charge on any atom is -0.480 e. The van der Waals surface area contributed by atoms with Crippen molar-refractivity contribution in [2.24, 2.45) is 0 Å². The average Bonchev–Trinajstić information content (AvgIpc) is 2.22. The predicted octanol–water partition coefficient (Wildman–Crippen LogP) is 0.684. The Bertz CT molecular complexity index is 455. The fraction of sp³-hybridized carbons (Fsp3) is 0.833. The van der Waals surface area contributed by atoms with Gasteiger partial charge in [-0.25, -0.2) is 22.7 Å². The van der Waals surface area contributed by atoms with Gasteiger partial charge in [0.1, 0.15) is 11.6 Å². The van der Waals surface area contributed by atoms with Crippen LogP contribution in [0.5, 0.6) is 0 Å². The molecule has 0 aliphatic rings. The number of unbranched alkanes of at least 4 members (excludes halogenated alkanes) is 1. The summed E-state index contributed by atoms with van der Waals surface area (Å²) in [6.07, 6.45) is 1.39. The maximum atomic E-state index is 11.5. The highest BCUT2D eigenvalue weighted by atomic mass is 32.2. The van der Waals surface area contributed by atoms with E-state index >= 15 is 0 Å². The summed E-state index contributed by atoms with van der Waals surface area (Å²) in [4.78, 5) is 22.5. The number of amides is 1. The van der Waals surface area contributed by atoms with Crippen molar-refractivity contribution >= 4 is 22.1 Å². The Morgan fingerprint density at radius 2 is 1.81 bits per heavy atom. The molecule has 0 fully saturated rings. The number of carbonyl (C=O) groups excluding carboxylic acids is 1. The Morgan fingerprint density at radius 3 is 2.24 bits per heavy atom. The molecule has 0 aliphatic heterocycles. The fourth-order valence-electron chi connectivity index (χ4n) is 1.44. The molecule has 0 aromatic heterocycles. The zero-order chi connectivity index (χ0) is 16.7. The third-order valence-electron chi connectivity index (χ3n) is 2.27. The molecule has 0 unspecified atom stereocenters. The van der Waals surface area contributed by atoms with Crippen LogP contribution < -0.4 is 10.0 Å². The molecule has 124 valence electrons. The Morgan fingerprint density at radius 1 is 1.24 bits per heavy atom. The topological polar surface area (TPSA) is 122 Å². The highest BCUT2D eigenvalue weighted by Gasteiger charge is 2.23. The smallest absolute Gasteiger partial charge is 0.408 e. The number of rotatable bonds is 8. The monoisotopic (exact) mass is 324 g/mol. The Labute approximate surface area is 125 Å². The summed E-state index contributed by atoms with van der Waals surface area (Å²) < 4.78 is 29.0. The largest absolute Gasteiger partial charge is 0.480 e. The van der Waals surface area contributed by atoms with Crippen molar-refractivity contribution in [2.75, 3.05) is 12.8 Å². The number of carbonyl (C=O) groups is 2. The van der Waals surface area contributed by atoms with Crippen molar-refractivity contribution in [1.29, 1.82) is 0 Å². The van der Waals surface area contributed by atoms with E-state index in [9.17, 15) is 18.0 Å². The van der Waals surface area contributed by atoms with Crippen LogP contribution >= 0.6 is 0 Å². The van der Waals surface area contributed by atoms with Crippen LogP contribution in [-0.2, 0) is 19.6 Å². The minimum absolute atomic E-state index is 0.194. The van der Waals surface area contributed by atoms with Gasteiger partial charge in [0.25, 0.3) is 0 Å². The summed E-state index contributed by atoms with van der Waals surface area (Å²) in [5.41, 5.74) is -0.702. The molecular weight excluding hydrogens is 300 g/mol. The summed E-state index contributed by atoms with van der Waals surface area (Å²) in [6, 6.07) is -1.06. The van der Waals surface area contributed by atoms with Crippen molar-refractivity contribution < 1.29 is 27.9 Å². The third-order valence-corrected chi connectivity index (χ3v) is 3.00. The van der Waals surface area contributed by atoms with Gasteiger partial charge in [-0.15, -0.1) is 0 Å². The lowest BCUT2D eigenvalue weighted by Crippen LogP contribution is -2.43. The van der Waals surface area contributed by atoms with E-state index in [1.54, 1.807) is 20.8 Å². The van der Waals surface area contributed by atoms with Gasteiger partial charge in [-0.1, -0.05) is 0 Å². The van der Waals surface area contributed by atoms with Crippen molar-refractivity contribution in [2.45, 2.75) is 51.7 Å². The molecule has 21 heavy (non-hydrogen) atoms. The molecule has 0 rings (SSSR count). The summed E-state index contributed by atoms with van der Waals surface area (Å²) in [5.74, 6) is -1.16. The molecule has 0 aromatic carbocycles. The minimum atomic E-state index is -3.24. The lowest BCUT2D eigenvalue weighted by molar-refractivity contribution is -0.139. The second-order valence-corrected chi connectivity index (χ2v) is 7.53. The molecule has 9 heteroatoms. The lowest BCUT2D eigenvalue weighted by atomic mass is 10.1. The van der Waals surface area contributed by atoms with Crippen molar-refractivity contribution in [3.05, 3.63) is 0 Å². The average molecular weight is 324 g/mol. The van der Waals surface area contributed by atoms with Gasteiger partial charge < -0.3 is 15.2 Å². The first-order valence-electron chi connectivity index (χ1n) is 6.57. The molecule has 0 saturated carbocycles. The third kappa shape index (κ3) is 12.1. The number of hydrogen-bond acceptors (Lipinski definition) is 5. The summed E-state index contributed by atoms with van der Waals surface area (Å²) in [5, 5.41) is 11.3. The zero-order valence-corrected chi connectivity index (χ0v) is 13.6. The molecule has 1 amide bonds. The van der Waals surface area contributed by atoms with E-state index < -0.39 is 33.7 Å². The Hall–Kier alpha value is -1.35. The van der Waals surface area contributed by atoms with E-state index in [1.165, 1.54) is 0 Å². The van der Waals surface area contributed by atoms with Crippen molar-refractivity contribution in [3.8, 4) is 0 Å². The van der Waals surface area contributed by atoms with Crippen LogP contribution in [0.1, 0.15) is 40.0 Å². The van der Waals surface area contributed by atoms with Crippen LogP contribution in [0.15, 0.2) is 0 Å². The SMILES string of the molecule is CC(C)(C)OC(=O)N[C@H](CCCCNS(C)(=O)=O)C(=O)O. The van der Waals surface area contributed by atoms with Gasteiger partial charge in [-0.3, -0.25) is 0 Å². The zero-order valence-electron chi connectivity index (χ0n) is 12.8. The molecule has 1 atom stereocenters. The first-order chi connectivity index (χ1) is 9.41. The second kappa shape index (κ2) is 8.18. The van der Waals surface area contributed by atoms with Crippen LogP contribution in [0.3, 0.4) is 0 Å². The van der Waals surface area contributed by atoms with Gasteiger partial charge in [-0.2, -0.15) is 0 Å². The molecule has 0 aromatic rings. The van der Waals surface area contributed by atoms with E-state index in [0.29, 0.717) is 12.8 Å². The van der Waals surface area contributed by atoms with Gasteiger partial charge in [0, 0.05) is 6.54 Å². The predicted molar refractivity (Wildman–Crippen MR) is 77.5 cm³/mol. The quantitative estimate of drug-likeness (QED) is 0.565. The van der Waals surface area contributed by atoms with E-state index in [4.69, 9.17) is 9.84 Å². The van der Waals surface area contributed by atoms with Gasteiger partial charge in [0.2, 0.25) is 10.0 Å². The molecule has 0 spiro atoms. The van der Waals surface area contributed by atoms with Crippen LogP contribution in [-0.4, -0.2) is 50.0 Å². The van der Waals surface area contributed by atoms with Crippen LogP contribution in [0.2, 0.25) is 0 Å². The maximum Gasteiger partial charge on any atom is 0.408 e. The molecule has 0 saturated heterocycles. The summed E-state index contributed by atoms with van der Waals surface area (Å²) in [7, 11) is -3.24. The summed E-state index contributed by atoms with van der Waals surface area (Å²) in [6.45, 7) is 5.27. The molecule has 0 radical (unpaired) electrons. The maximum absolute atomic E-state index is 11.5. The van der Waals surface area contributed by atoms with Crippen LogP contribution in [0, 0.1) is 0 Å². The highest BCUT2D eigenvalue weighted by molar-refractivity contribution is 7.88. The summed E-state index contributed by atoms with van der Waals surface area (Å²) >= 11 is 0. The molecule has 3 N–H and O–H groups in total. The normalized spacial score (nSPS) is 13.5. The Kier molecular flexibility index (Phi) is 7.65. The van der Waals surface area contributed by atoms with Gasteiger partial charge in [-0.05, 0) is 40.0 Å². The van der Waals surface area contributed by atoms with E-state index in [2.05, 4.69) is 10.0 Å². The lowest BCUT2D eigenvalue weighted by Gasteiger charge is -2.22. The number of carboxylic acids is 1. The number of carboxylic acid groups (broad SMARTS) is 1. The number of nitrogens with one attached hydrogen (secondary N) is 2. The van der Waals surface area contributed by atoms with Crippen molar-refractivity contribution in [1.82, 2.24) is 10.0 Å². The molecule has 0 heterocycles. The number of aliphatic carboxylic acids is 1. The number of ether oxygens (including phenoxy) is 1. The fourth-order valence-corrected chi connectivity index (χ4v) is 1.95. The van der Waals surface area contributed by atoms with Crippen molar-refractivity contribution in [3.63, 3.8) is 0 Å². The van der Waals surface area contributed by atoms with E-state index in [1.807, 2.05) is 0 Å². The number of sulfonamides is 1. The van der Waals surface area contributed by atoms with Crippen LogP contribution in [0.4, 0.5) is 4.79 Å². The standard InChI is InChI=1S/C12H24N2O6S/c1-12(2,3)20-11(17)14-9(10(15)16)7-5-6-8-13-21(4,18)19/h9,13H,5-8H2,1-4H3,(H,14,17)(H,15,16)/t9-/m1/s1. The van der Waals surface area contributed by atoms with Gasteiger partial charge >= 0.3 is 12.1 Å². The first-order valence-corrected chi connectivity index (χ1v) is 8.47. The molecular formula is C12H24N2O6S. The molecule has 0 bridgehead atoms. The molecule has 8 nitrogen and oxygen atoms in total. The van der Waals surface area contributed by atoms with E-state index in [0.717, 1.165) is 6.26 Å². The van der Waals surface area contributed by atoms with E-state index in [-0.39, 0.29) is 13.0 Å². The number of alkyl carbamates (subject to hydrolysis) is 1. The van der Waals surface area contributed by atoms with Crippen LogP contribution in [0.25, 0.3) is 0 Å². The first kappa shape index (κ1) is 19.7. The Balaban J connectivity index is 4.15.